The van der Waals surface area contributed by atoms with Gasteiger partial charge in [-0.15, -0.1) is 11.3 Å². The zero-order valence-electron chi connectivity index (χ0n) is 26.1. The van der Waals surface area contributed by atoms with Gasteiger partial charge in [-0.2, -0.15) is 0 Å². The summed E-state index contributed by atoms with van der Waals surface area (Å²) in [4.78, 5) is 11.0. The molecule has 0 saturated heterocycles. The number of benzene rings is 7. The summed E-state index contributed by atoms with van der Waals surface area (Å²) in [6, 6.07) is 52.5. The predicted octanol–water partition coefficient (Wildman–Crippen LogP) is 11.9. The fourth-order valence-corrected chi connectivity index (χ4v) is 9.60. The summed E-state index contributed by atoms with van der Waals surface area (Å²) in [5.74, 6) is 0.688. The average Bonchev–Trinajstić information content (AvgIpc) is 3.90. The first-order chi connectivity index (χ1) is 24.3. The normalized spacial score (nSPS) is 12.5. The average molecular weight is 641 g/mol. The Morgan fingerprint density at radius 3 is 2.00 bits per heavy atom. The fourth-order valence-electron chi connectivity index (χ4n) is 8.45. The Bertz CT molecular complexity index is 3330. The standard InChI is InChI=1S/C44H24N4S/c1-2-13-26(14-3-1)39-43-40(30-18-8-11-21-36(30)49-43)46-44(45-39)48-34-20-10-7-17-29(34)32-24-31-28-16-6-9-19-33(28)47-35-23-22-25-12-4-5-15-27(25)37(35)38(41(31)47)42(32)48/h1-24H. The second-order valence-electron chi connectivity index (χ2n) is 12.9. The molecule has 7 aromatic carbocycles. The topological polar surface area (TPSA) is 35.1 Å². The number of hydrogen-bond donors (Lipinski definition) is 0. The van der Waals surface area contributed by atoms with Gasteiger partial charge in [-0.3, -0.25) is 4.57 Å². The van der Waals surface area contributed by atoms with Crippen LogP contribution in [0.1, 0.15) is 0 Å². The molecule has 0 saturated carbocycles. The number of rotatable bonds is 2. The highest BCUT2D eigenvalue weighted by atomic mass is 32.1. The van der Waals surface area contributed by atoms with E-state index in [2.05, 4.69) is 155 Å². The summed E-state index contributed by atoms with van der Waals surface area (Å²) < 4.78 is 7.15. The molecule has 0 radical (unpaired) electrons. The molecule has 0 fully saturated rings. The lowest BCUT2D eigenvalue weighted by atomic mass is 10.00. The van der Waals surface area contributed by atoms with Gasteiger partial charge in [0, 0.05) is 48.0 Å². The Labute approximate surface area is 283 Å². The second kappa shape index (κ2) is 9.19. The Morgan fingerprint density at radius 2 is 1.14 bits per heavy atom. The molecule has 4 nitrogen and oxygen atoms in total. The summed E-state index contributed by atoms with van der Waals surface area (Å²) in [5.41, 5.74) is 8.98. The van der Waals surface area contributed by atoms with Gasteiger partial charge in [0.15, 0.2) is 0 Å². The molecule has 12 rings (SSSR count). The number of thiophene rings is 1. The van der Waals surface area contributed by atoms with Crippen molar-refractivity contribution in [2.24, 2.45) is 0 Å². The van der Waals surface area contributed by atoms with Gasteiger partial charge in [0.1, 0.15) is 0 Å². The lowest BCUT2D eigenvalue weighted by Crippen LogP contribution is -2.03. The highest BCUT2D eigenvalue weighted by molar-refractivity contribution is 7.26. The van der Waals surface area contributed by atoms with Crippen molar-refractivity contribution in [1.29, 1.82) is 0 Å². The third kappa shape index (κ3) is 3.23. The van der Waals surface area contributed by atoms with Gasteiger partial charge in [-0.1, -0.05) is 115 Å². The van der Waals surface area contributed by atoms with E-state index in [-0.39, 0.29) is 0 Å². The number of para-hydroxylation sites is 2. The van der Waals surface area contributed by atoms with Crippen molar-refractivity contribution in [2.75, 3.05) is 0 Å². The van der Waals surface area contributed by atoms with Crippen molar-refractivity contribution in [1.82, 2.24) is 18.9 Å². The molecule has 5 heteroatoms. The van der Waals surface area contributed by atoms with E-state index in [1.54, 1.807) is 11.3 Å². The first-order valence-corrected chi connectivity index (χ1v) is 17.4. The minimum absolute atomic E-state index is 0.688. The highest BCUT2D eigenvalue weighted by Gasteiger charge is 2.27. The van der Waals surface area contributed by atoms with Crippen molar-refractivity contribution < 1.29 is 0 Å². The maximum Gasteiger partial charge on any atom is 0.235 e. The minimum Gasteiger partial charge on any atom is -0.308 e. The zero-order chi connectivity index (χ0) is 31.8. The van der Waals surface area contributed by atoms with Crippen LogP contribution in [0.4, 0.5) is 0 Å². The van der Waals surface area contributed by atoms with Crippen LogP contribution in [0.15, 0.2) is 146 Å². The molecule has 0 atom stereocenters. The maximum absolute atomic E-state index is 5.50. The highest BCUT2D eigenvalue weighted by Crippen LogP contribution is 2.48. The smallest absolute Gasteiger partial charge is 0.235 e. The predicted molar refractivity (Wildman–Crippen MR) is 207 cm³/mol. The molecule has 0 aliphatic rings. The van der Waals surface area contributed by atoms with Gasteiger partial charge in [0.2, 0.25) is 5.95 Å². The van der Waals surface area contributed by atoms with Crippen LogP contribution in [0.5, 0.6) is 0 Å². The summed E-state index contributed by atoms with van der Waals surface area (Å²) in [7, 11) is 0. The van der Waals surface area contributed by atoms with Crippen LogP contribution in [0.2, 0.25) is 0 Å². The van der Waals surface area contributed by atoms with Crippen molar-refractivity contribution in [3.63, 3.8) is 0 Å². The summed E-state index contributed by atoms with van der Waals surface area (Å²) in [6.45, 7) is 0. The van der Waals surface area contributed by atoms with Crippen molar-refractivity contribution >= 4 is 102 Å². The Balaban J connectivity index is 1.36. The largest absolute Gasteiger partial charge is 0.308 e. The molecule has 0 N–H and O–H groups in total. The number of fused-ring (bicyclic) bond motifs is 15. The lowest BCUT2D eigenvalue weighted by Gasteiger charge is -2.11. The first-order valence-electron chi connectivity index (χ1n) is 16.6. The van der Waals surface area contributed by atoms with Gasteiger partial charge in [0.25, 0.3) is 0 Å². The van der Waals surface area contributed by atoms with Gasteiger partial charge >= 0.3 is 0 Å². The second-order valence-corrected chi connectivity index (χ2v) is 14.0. The van der Waals surface area contributed by atoms with E-state index in [0.29, 0.717) is 5.95 Å². The summed E-state index contributed by atoms with van der Waals surface area (Å²) >= 11 is 1.77. The van der Waals surface area contributed by atoms with Crippen LogP contribution in [0.25, 0.3) is 108 Å². The molecular formula is C44H24N4S. The molecule has 5 heterocycles. The molecule has 49 heavy (non-hydrogen) atoms. The molecule has 12 aromatic rings. The van der Waals surface area contributed by atoms with Crippen LogP contribution in [-0.2, 0) is 0 Å². The van der Waals surface area contributed by atoms with E-state index in [1.807, 2.05) is 0 Å². The molecule has 0 unspecified atom stereocenters. The van der Waals surface area contributed by atoms with Gasteiger partial charge in [-0.25, -0.2) is 9.97 Å². The Hall–Kier alpha value is -6.30. The Morgan fingerprint density at radius 1 is 0.469 bits per heavy atom. The van der Waals surface area contributed by atoms with E-state index >= 15 is 0 Å². The van der Waals surface area contributed by atoms with E-state index in [0.717, 1.165) is 37.9 Å². The van der Waals surface area contributed by atoms with Crippen LogP contribution < -0.4 is 0 Å². The van der Waals surface area contributed by atoms with Crippen molar-refractivity contribution in [3.05, 3.63) is 146 Å². The molecule has 0 spiro atoms. The fraction of sp³-hybridized carbons (Fsp3) is 0. The number of hydrogen-bond acceptors (Lipinski definition) is 3. The first kappa shape index (κ1) is 25.7. The van der Waals surface area contributed by atoms with Crippen LogP contribution in [0, 0.1) is 0 Å². The van der Waals surface area contributed by atoms with E-state index in [1.165, 1.54) is 64.3 Å². The molecule has 0 amide bonds. The Kier molecular flexibility index (Phi) is 4.83. The number of nitrogens with zero attached hydrogens (tertiary/aromatic N) is 4. The molecule has 226 valence electrons. The van der Waals surface area contributed by atoms with Gasteiger partial charge in [0.05, 0.1) is 43.5 Å². The molecule has 0 aliphatic carbocycles. The lowest BCUT2D eigenvalue weighted by molar-refractivity contribution is 1.02. The molecule has 0 aliphatic heterocycles. The monoisotopic (exact) mass is 640 g/mol. The van der Waals surface area contributed by atoms with E-state index in [4.69, 9.17) is 9.97 Å². The number of aromatic nitrogens is 4. The minimum atomic E-state index is 0.688. The van der Waals surface area contributed by atoms with Crippen molar-refractivity contribution in [2.45, 2.75) is 0 Å². The van der Waals surface area contributed by atoms with Crippen LogP contribution in [-0.4, -0.2) is 18.9 Å². The molecule has 0 bridgehead atoms. The third-order valence-electron chi connectivity index (χ3n) is 10.4. The van der Waals surface area contributed by atoms with Crippen molar-refractivity contribution in [3.8, 4) is 17.2 Å². The van der Waals surface area contributed by atoms with E-state index in [9.17, 15) is 0 Å². The molecular weight excluding hydrogens is 617 g/mol. The maximum atomic E-state index is 5.50. The summed E-state index contributed by atoms with van der Waals surface area (Å²) in [5, 5.41) is 11.1. The van der Waals surface area contributed by atoms with Gasteiger partial charge < -0.3 is 4.40 Å². The third-order valence-corrected chi connectivity index (χ3v) is 11.6. The zero-order valence-corrected chi connectivity index (χ0v) is 26.9. The quantitative estimate of drug-likeness (QED) is 0.188. The van der Waals surface area contributed by atoms with Gasteiger partial charge in [-0.05, 0) is 41.1 Å². The van der Waals surface area contributed by atoms with E-state index < -0.39 is 0 Å². The SMILES string of the molecule is c1ccc(-c2nc(-n3c4ccccc4c4cc5c6ccccc6n6c7ccc8ccccc8c7c(c43)c56)nc3c2sc2ccccc23)cc1. The molecule has 5 aromatic heterocycles. The summed E-state index contributed by atoms with van der Waals surface area (Å²) in [6.07, 6.45) is 0. The van der Waals surface area contributed by atoms with Crippen LogP contribution >= 0.6 is 11.3 Å². The van der Waals surface area contributed by atoms with Crippen LogP contribution in [0.3, 0.4) is 0 Å².